The molecule has 2 unspecified atom stereocenters. The Morgan fingerprint density at radius 1 is 1.47 bits per heavy atom. The Bertz CT molecular complexity index is 464. The van der Waals surface area contributed by atoms with E-state index in [1.165, 1.54) is 6.20 Å². The maximum absolute atomic E-state index is 12.1. The molecule has 0 saturated heterocycles. The third kappa shape index (κ3) is 3.05. The molecule has 0 aromatic carbocycles. The Labute approximate surface area is 110 Å². The first-order chi connectivity index (χ1) is 8.13. The second-order valence-corrected chi connectivity index (χ2v) is 6.62. The predicted molar refractivity (Wildman–Crippen MR) is 69.5 cm³/mol. The Hall–Kier alpha value is -0.460. The fraction of sp³-hybridized carbons (Fsp3) is 0.545. The number of hydrogen-bond acceptors (Lipinski definition) is 3. The summed E-state index contributed by atoms with van der Waals surface area (Å²) < 4.78 is 26.9. The Morgan fingerprint density at radius 2 is 2.29 bits per heavy atom. The van der Waals surface area contributed by atoms with Crippen molar-refractivity contribution in [2.75, 3.05) is 5.33 Å². The topological polar surface area (TPSA) is 59.1 Å². The highest BCUT2D eigenvalue weighted by atomic mass is 79.9. The molecule has 0 aliphatic heterocycles. The van der Waals surface area contributed by atoms with Crippen LogP contribution in [0.25, 0.3) is 0 Å². The van der Waals surface area contributed by atoms with Crippen LogP contribution in [0.5, 0.6) is 0 Å². The van der Waals surface area contributed by atoms with Gasteiger partial charge in [0.25, 0.3) is 0 Å². The van der Waals surface area contributed by atoms with E-state index < -0.39 is 10.0 Å². The van der Waals surface area contributed by atoms with Crippen LogP contribution in [0, 0.1) is 5.92 Å². The van der Waals surface area contributed by atoms with Gasteiger partial charge in [-0.1, -0.05) is 22.4 Å². The summed E-state index contributed by atoms with van der Waals surface area (Å²) in [5, 5.41) is 0.841. The lowest BCUT2D eigenvalue weighted by molar-refractivity contribution is 0.484. The molecular formula is C11H15BrN2O2S. The number of rotatable bonds is 4. The number of sulfonamides is 1. The minimum atomic E-state index is -3.42. The SMILES string of the molecule is O=S(=O)(NC1CCCC1CBr)c1cccnc1. The first kappa shape index (κ1) is 13.0. The highest BCUT2D eigenvalue weighted by molar-refractivity contribution is 9.09. The summed E-state index contributed by atoms with van der Waals surface area (Å²) >= 11 is 3.43. The molecule has 2 rings (SSSR count). The van der Waals surface area contributed by atoms with E-state index >= 15 is 0 Å². The quantitative estimate of drug-likeness (QED) is 0.863. The van der Waals surface area contributed by atoms with E-state index in [9.17, 15) is 8.42 Å². The minimum absolute atomic E-state index is 0.0413. The monoisotopic (exact) mass is 318 g/mol. The lowest BCUT2D eigenvalue weighted by Gasteiger charge is -2.18. The van der Waals surface area contributed by atoms with Crippen molar-refractivity contribution in [2.24, 2.45) is 5.92 Å². The van der Waals surface area contributed by atoms with Crippen molar-refractivity contribution >= 4 is 26.0 Å². The standard InChI is InChI=1S/C11H15BrN2O2S/c12-7-9-3-1-5-11(9)14-17(15,16)10-4-2-6-13-8-10/h2,4,6,8-9,11,14H,1,3,5,7H2. The molecule has 0 radical (unpaired) electrons. The molecule has 17 heavy (non-hydrogen) atoms. The molecule has 1 aromatic heterocycles. The molecule has 1 N–H and O–H groups in total. The first-order valence-corrected chi connectivity index (χ1v) is 8.22. The van der Waals surface area contributed by atoms with Crippen LogP contribution < -0.4 is 4.72 Å². The van der Waals surface area contributed by atoms with Gasteiger partial charge in [0.1, 0.15) is 4.90 Å². The first-order valence-electron chi connectivity index (χ1n) is 5.62. The molecule has 0 spiro atoms. The van der Waals surface area contributed by atoms with E-state index in [4.69, 9.17) is 0 Å². The van der Waals surface area contributed by atoms with Crippen molar-refractivity contribution in [3.8, 4) is 0 Å². The summed E-state index contributed by atoms with van der Waals surface area (Å²) in [6.45, 7) is 0. The van der Waals surface area contributed by atoms with E-state index in [-0.39, 0.29) is 10.9 Å². The average molecular weight is 319 g/mol. The van der Waals surface area contributed by atoms with Crippen molar-refractivity contribution in [2.45, 2.75) is 30.2 Å². The van der Waals surface area contributed by atoms with Gasteiger partial charge < -0.3 is 0 Å². The van der Waals surface area contributed by atoms with E-state index in [1.807, 2.05) is 0 Å². The molecule has 6 heteroatoms. The Kier molecular flexibility index (Phi) is 4.17. The average Bonchev–Trinajstić information content (AvgIpc) is 2.77. The Morgan fingerprint density at radius 3 is 2.94 bits per heavy atom. The van der Waals surface area contributed by atoms with Gasteiger partial charge in [-0.25, -0.2) is 13.1 Å². The lowest BCUT2D eigenvalue weighted by atomic mass is 10.1. The number of aromatic nitrogens is 1. The van der Waals surface area contributed by atoms with Gasteiger partial charge in [-0.15, -0.1) is 0 Å². The van der Waals surface area contributed by atoms with Crippen molar-refractivity contribution in [3.63, 3.8) is 0 Å². The number of nitrogens with one attached hydrogen (secondary N) is 1. The van der Waals surface area contributed by atoms with E-state index in [0.717, 1.165) is 24.6 Å². The largest absolute Gasteiger partial charge is 0.263 e. The van der Waals surface area contributed by atoms with Crippen LogP contribution in [0.1, 0.15) is 19.3 Å². The Balaban J connectivity index is 2.13. The predicted octanol–water partition coefficient (Wildman–Crippen LogP) is 1.92. The molecule has 94 valence electrons. The normalized spacial score (nSPS) is 25.0. The third-order valence-electron chi connectivity index (χ3n) is 3.11. The number of halogens is 1. The molecule has 4 nitrogen and oxygen atoms in total. The van der Waals surface area contributed by atoms with E-state index in [2.05, 4.69) is 25.6 Å². The van der Waals surface area contributed by atoms with Crippen LogP contribution >= 0.6 is 15.9 Å². The van der Waals surface area contributed by atoms with Gasteiger partial charge in [-0.2, -0.15) is 0 Å². The molecule has 1 aliphatic rings. The molecule has 0 amide bonds. The molecule has 1 aromatic rings. The van der Waals surface area contributed by atoms with Gasteiger partial charge in [0, 0.05) is 23.8 Å². The van der Waals surface area contributed by atoms with Crippen molar-refractivity contribution in [1.29, 1.82) is 0 Å². The van der Waals surface area contributed by atoms with Gasteiger partial charge in [0.05, 0.1) is 0 Å². The van der Waals surface area contributed by atoms with E-state index in [0.29, 0.717) is 5.92 Å². The van der Waals surface area contributed by atoms with Crippen molar-refractivity contribution < 1.29 is 8.42 Å². The maximum atomic E-state index is 12.1. The molecule has 2 atom stereocenters. The smallest absolute Gasteiger partial charge is 0.242 e. The van der Waals surface area contributed by atoms with Crippen LogP contribution in [-0.4, -0.2) is 24.8 Å². The zero-order valence-corrected chi connectivity index (χ0v) is 11.7. The van der Waals surface area contributed by atoms with Crippen LogP contribution in [0.2, 0.25) is 0 Å². The summed E-state index contributed by atoms with van der Waals surface area (Å²) in [7, 11) is -3.42. The summed E-state index contributed by atoms with van der Waals surface area (Å²) in [5.74, 6) is 0.390. The van der Waals surface area contributed by atoms with Gasteiger partial charge in [0.2, 0.25) is 10.0 Å². The van der Waals surface area contributed by atoms with E-state index in [1.54, 1.807) is 18.3 Å². The highest BCUT2D eigenvalue weighted by Gasteiger charge is 2.30. The molecule has 1 saturated carbocycles. The van der Waals surface area contributed by atoms with Gasteiger partial charge in [-0.3, -0.25) is 4.98 Å². The van der Waals surface area contributed by atoms with Gasteiger partial charge in [0.15, 0.2) is 0 Å². The zero-order valence-electron chi connectivity index (χ0n) is 9.34. The summed E-state index contributed by atoms with van der Waals surface area (Å²) in [5.41, 5.74) is 0. The number of pyridine rings is 1. The molecule has 1 heterocycles. The van der Waals surface area contributed by atoms with Gasteiger partial charge >= 0.3 is 0 Å². The van der Waals surface area contributed by atoms with Crippen molar-refractivity contribution in [1.82, 2.24) is 9.71 Å². The fourth-order valence-corrected chi connectivity index (χ4v) is 4.23. The summed E-state index contributed by atoms with van der Waals surface area (Å²) in [6, 6.07) is 3.23. The molecule has 0 bridgehead atoms. The minimum Gasteiger partial charge on any atom is -0.263 e. The van der Waals surface area contributed by atoms with Crippen LogP contribution in [-0.2, 0) is 10.0 Å². The fourth-order valence-electron chi connectivity index (χ4n) is 2.15. The zero-order chi connectivity index (χ0) is 12.3. The summed E-state index contributed by atoms with van der Waals surface area (Å²) in [4.78, 5) is 4.07. The lowest BCUT2D eigenvalue weighted by Crippen LogP contribution is -2.37. The second-order valence-electron chi connectivity index (χ2n) is 4.26. The molecule has 1 aliphatic carbocycles. The van der Waals surface area contributed by atoms with Gasteiger partial charge in [-0.05, 0) is 30.9 Å². The van der Waals surface area contributed by atoms with Crippen LogP contribution in [0.15, 0.2) is 29.4 Å². The number of alkyl halides is 1. The maximum Gasteiger partial charge on any atom is 0.242 e. The number of hydrogen-bond donors (Lipinski definition) is 1. The molecular weight excluding hydrogens is 304 g/mol. The second kappa shape index (κ2) is 5.46. The van der Waals surface area contributed by atoms with Crippen LogP contribution in [0.4, 0.5) is 0 Å². The number of nitrogens with zero attached hydrogens (tertiary/aromatic N) is 1. The summed E-state index contributed by atoms with van der Waals surface area (Å²) in [6.07, 6.45) is 6.01. The van der Waals surface area contributed by atoms with Crippen molar-refractivity contribution in [3.05, 3.63) is 24.5 Å². The molecule has 1 fully saturated rings. The third-order valence-corrected chi connectivity index (χ3v) is 5.42. The van der Waals surface area contributed by atoms with Crippen LogP contribution in [0.3, 0.4) is 0 Å². The highest BCUT2D eigenvalue weighted by Crippen LogP contribution is 2.28.